The quantitative estimate of drug-likeness (QED) is 0.674. The lowest BCUT2D eigenvalue weighted by molar-refractivity contribution is 0.478. The average Bonchev–Trinajstić information content (AvgIpc) is 3.16. The van der Waals surface area contributed by atoms with E-state index in [0.717, 1.165) is 23.0 Å². The Morgan fingerprint density at radius 1 is 1.19 bits per heavy atom. The molecule has 1 aromatic carbocycles. The van der Waals surface area contributed by atoms with Gasteiger partial charge in [0.05, 0.1) is 12.1 Å². The fraction of sp³-hybridized carbons (Fsp3) is 0.200. The molecule has 21 heavy (non-hydrogen) atoms. The molecule has 0 aliphatic carbocycles. The number of halogens is 1. The fourth-order valence-corrected chi connectivity index (χ4v) is 3.09. The molecule has 0 bridgehead atoms. The molecule has 0 atom stereocenters. The molecule has 6 heteroatoms. The van der Waals surface area contributed by atoms with Crippen LogP contribution in [0.15, 0.2) is 50.0 Å². The molecule has 0 saturated carbocycles. The van der Waals surface area contributed by atoms with Crippen LogP contribution in [-0.4, -0.2) is 16.7 Å². The summed E-state index contributed by atoms with van der Waals surface area (Å²) in [4.78, 5) is 0. The van der Waals surface area contributed by atoms with Crippen molar-refractivity contribution in [1.29, 1.82) is 0 Å². The molecule has 2 heterocycles. The highest BCUT2D eigenvalue weighted by molar-refractivity contribution is 9.10. The number of hydrogen-bond acceptors (Lipinski definition) is 5. The fourth-order valence-electron chi connectivity index (χ4n) is 1.93. The number of aromatic nitrogens is 2. The molecule has 0 radical (unpaired) electrons. The van der Waals surface area contributed by atoms with Gasteiger partial charge in [-0.3, -0.25) is 0 Å². The summed E-state index contributed by atoms with van der Waals surface area (Å²) < 4.78 is 6.62. The van der Waals surface area contributed by atoms with Gasteiger partial charge in [0.25, 0.3) is 0 Å². The minimum Gasteiger partial charge on any atom is -0.419 e. The van der Waals surface area contributed by atoms with E-state index in [1.807, 2.05) is 24.3 Å². The van der Waals surface area contributed by atoms with E-state index in [2.05, 4.69) is 48.3 Å². The van der Waals surface area contributed by atoms with E-state index in [4.69, 9.17) is 4.42 Å². The van der Waals surface area contributed by atoms with E-state index < -0.39 is 0 Å². The van der Waals surface area contributed by atoms with Gasteiger partial charge in [-0.05, 0) is 63.4 Å². The van der Waals surface area contributed by atoms with Gasteiger partial charge in [0.2, 0.25) is 11.8 Å². The Morgan fingerprint density at radius 3 is 2.90 bits per heavy atom. The maximum Gasteiger partial charge on any atom is 0.248 e. The molecule has 0 saturated heterocycles. The Hall–Kier alpha value is -1.50. The lowest BCUT2D eigenvalue weighted by atomic mass is 10.2. The smallest absolute Gasteiger partial charge is 0.248 e. The molecule has 3 rings (SSSR count). The van der Waals surface area contributed by atoms with Crippen molar-refractivity contribution in [3.05, 3.63) is 57.0 Å². The Kier molecular flexibility index (Phi) is 4.80. The molecular weight excluding hydrogens is 350 g/mol. The van der Waals surface area contributed by atoms with Gasteiger partial charge in [0.1, 0.15) is 0 Å². The lowest BCUT2D eigenvalue weighted by Gasteiger charge is -2.00. The second kappa shape index (κ2) is 6.98. The topological polar surface area (TPSA) is 51.0 Å². The largest absolute Gasteiger partial charge is 0.419 e. The minimum atomic E-state index is 0.539. The Bertz CT molecular complexity index is 697. The zero-order chi connectivity index (χ0) is 14.5. The maximum absolute atomic E-state index is 5.68. The predicted molar refractivity (Wildman–Crippen MR) is 87.2 cm³/mol. The lowest BCUT2D eigenvalue weighted by Crippen LogP contribution is -2.16. The van der Waals surface area contributed by atoms with Crippen molar-refractivity contribution < 1.29 is 4.42 Å². The number of thiophene rings is 1. The summed E-state index contributed by atoms with van der Waals surface area (Å²) in [6, 6.07) is 9.95. The van der Waals surface area contributed by atoms with E-state index in [9.17, 15) is 0 Å². The van der Waals surface area contributed by atoms with E-state index in [-0.39, 0.29) is 0 Å². The standard InChI is InChI=1S/C15H14BrN3OS/c16-13-4-2-1-3-12(13)15-19-18-14(20-15)9-17-7-5-11-6-8-21-10-11/h1-4,6,8,10,17H,5,7,9H2. The minimum absolute atomic E-state index is 0.539. The van der Waals surface area contributed by atoms with Crippen molar-refractivity contribution in [3.8, 4) is 11.5 Å². The number of benzene rings is 1. The van der Waals surface area contributed by atoms with Crippen LogP contribution in [0.3, 0.4) is 0 Å². The third-order valence-electron chi connectivity index (χ3n) is 3.02. The van der Waals surface area contributed by atoms with Gasteiger partial charge in [-0.15, -0.1) is 10.2 Å². The molecule has 108 valence electrons. The summed E-state index contributed by atoms with van der Waals surface area (Å²) >= 11 is 5.21. The van der Waals surface area contributed by atoms with Crippen molar-refractivity contribution >= 4 is 27.3 Å². The molecule has 4 nitrogen and oxygen atoms in total. The molecule has 1 N–H and O–H groups in total. The van der Waals surface area contributed by atoms with Crippen molar-refractivity contribution in [3.63, 3.8) is 0 Å². The SMILES string of the molecule is Brc1ccccc1-c1nnc(CNCCc2ccsc2)o1. The van der Waals surface area contributed by atoms with Crippen LogP contribution in [0.4, 0.5) is 0 Å². The summed E-state index contributed by atoms with van der Waals surface area (Å²) in [6.07, 6.45) is 1.01. The number of rotatable bonds is 6. The first-order valence-corrected chi connectivity index (χ1v) is 8.35. The summed E-state index contributed by atoms with van der Waals surface area (Å²) in [5.41, 5.74) is 2.27. The van der Waals surface area contributed by atoms with Crippen molar-refractivity contribution in [2.75, 3.05) is 6.54 Å². The monoisotopic (exact) mass is 363 g/mol. The highest BCUT2D eigenvalue weighted by atomic mass is 79.9. The molecule has 0 amide bonds. The Balaban J connectivity index is 1.55. The third kappa shape index (κ3) is 3.78. The van der Waals surface area contributed by atoms with E-state index in [0.29, 0.717) is 18.3 Å². The number of nitrogens with zero attached hydrogens (tertiary/aromatic N) is 2. The Morgan fingerprint density at radius 2 is 2.10 bits per heavy atom. The number of nitrogens with one attached hydrogen (secondary N) is 1. The van der Waals surface area contributed by atoms with Gasteiger partial charge < -0.3 is 9.73 Å². The summed E-state index contributed by atoms with van der Waals surface area (Å²) in [7, 11) is 0. The third-order valence-corrected chi connectivity index (χ3v) is 4.44. The molecule has 0 spiro atoms. The van der Waals surface area contributed by atoms with Crippen LogP contribution < -0.4 is 5.32 Å². The molecule has 0 unspecified atom stereocenters. The molecule has 0 fully saturated rings. The maximum atomic E-state index is 5.68. The summed E-state index contributed by atoms with van der Waals surface area (Å²) in [5, 5.41) is 15.7. The Labute approximate surface area is 135 Å². The van der Waals surface area contributed by atoms with Gasteiger partial charge >= 0.3 is 0 Å². The normalized spacial score (nSPS) is 10.9. The van der Waals surface area contributed by atoms with E-state index >= 15 is 0 Å². The molecular formula is C15H14BrN3OS. The van der Waals surface area contributed by atoms with Gasteiger partial charge in [-0.25, -0.2) is 0 Å². The van der Waals surface area contributed by atoms with Gasteiger partial charge in [0.15, 0.2) is 0 Å². The second-order valence-corrected chi connectivity index (χ2v) is 6.17. The van der Waals surface area contributed by atoms with Crippen LogP contribution in [-0.2, 0) is 13.0 Å². The highest BCUT2D eigenvalue weighted by Gasteiger charge is 2.10. The van der Waals surface area contributed by atoms with E-state index in [1.54, 1.807) is 11.3 Å². The van der Waals surface area contributed by atoms with Gasteiger partial charge in [-0.2, -0.15) is 11.3 Å². The highest BCUT2D eigenvalue weighted by Crippen LogP contribution is 2.26. The van der Waals surface area contributed by atoms with Crippen molar-refractivity contribution in [2.24, 2.45) is 0 Å². The van der Waals surface area contributed by atoms with Gasteiger partial charge in [-0.1, -0.05) is 12.1 Å². The first-order chi connectivity index (χ1) is 10.3. The molecule has 0 aliphatic rings. The predicted octanol–water partition coefficient (Wildman–Crippen LogP) is 3.89. The second-order valence-electron chi connectivity index (χ2n) is 4.54. The number of hydrogen-bond donors (Lipinski definition) is 1. The van der Waals surface area contributed by atoms with Crippen LogP contribution in [0.1, 0.15) is 11.5 Å². The summed E-state index contributed by atoms with van der Waals surface area (Å²) in [6.45, 7) is 1.48. The van der Waals surface area contributed by atoms with Crippen LogP contribution in [0.5, 0.6) is 0 Å². The average molecular weight is 364 g/mol. The van der Waals surface area contributed by atoms with Crippen LogP contribution >= 0.6 is 27.3 Å². The first kappa shape index (κ1) is 14.4. The molecule has 2 aromatic heterocycles. The van der Waals surface area contributed by atoms with Crippen LogP contribution in [0.25, 0.3) is 11.5 Å². The van der Waals surface area contributed by atoms with Crippen molar-refractivity contribution in [1.82, 2.24) is 15.5 Å². The van der Waals surface area contributed by atoms with Gasteiger partial charge in [0, 0.05) is 4.47 Å². The van der Waals surface area contributed by atoms with E-state index in [1.165, 1.54) is 5.56 Å². The summed E-state index contributed by atoms with van der Waals surface area (Å²) in [5.74, 6) is 1.14. The molecule has 0 aliphatic heterocycles. The molecule has 3 aromatic rings. The van der Waals surface area contributed by atoms with Crippen LogP contribution in [0.2, 0.25) is 0 Å². The zero-order valence-electron chi connectivity index (χ0n) is 11.3. The zero-order valence-corrected chi connectivity index (χ0v) is 13.7. The first-order valence-electron chi connectivity index (χ1n) is 6.62. The van der Waals surface area contributed by atoms with Crippen LogP contribution in [0, 0.1) is 0 Å². The van der Waals surface area contributed by atoms with Crippen molar-refractivity contribution in [2.45, 2.75) is 13.0 Å².